The van der Waals surface area contributed by atoms with Crippen molar-refractivity contribution in [2.45, 2.75) is 44.4 Å². The van der Waals surface area contributed by atoms with E-state index in [1.165, 1.54) is 62.9 Å². The van der Waals surface area contributed by atoms with Crippen LogP contribution in [0.3, 0.4) is 0 Å². The molecule has 1 nitrogen and oxygen atoms in total. The van der Waals surface area contributed by atoms with Gasteiger partial charge in [0.05, 0.1) is 0 Å². The second-order valence-corrected chi connectivity index (χ2v) is 7.28. The number of anilines is 1. The van der Waals surface area contributed by atoms with Gasteiger partial charge in [0.15, 0.2) is 0 Å². The van der Waals surface area contributed by atoms with Gasteiger partial charge < -0.3 is 4.90 Å². The average Bonchev–Trinajstić information content (AvgIpc) is 2.88. The van der Waals surface area contributed by atoms with Gasteiger partial charge in [-0.05, 0) is 54.9 Å². The van der Waals surface area contributed by atoms with Crippen LogP contribution in [0.2, 0.25) is 0 Å². The molecule has 0 aromatic heterocycles. The molecule has 104 valence electrons. The summed E-state index contributed by atoms with van der Waals surface area (Å²) in [5, 5.41) is 0. The highest BCUT2D eigenvalue weighted by molar-refractivity contribution is 9.10. The fourth-order valence-electron chi connectivity index (χ4n) is 3.82. The molecule has 1 saturated heterocycles. The van der Waals surface area contributed by atoms with Crippen LogP contribution in [0.5, 0.6) is 0 Å². The summed E-state index contributed by atoms with van der Waals surface area (Å²) >= 11 is 9.63. The van der Waals surface area contributed by atoms with Gasteiger partial charge in [0.2, 0.25) is 0 Å². The summed E-state index contributed by atoms with van der Waals surface area (Å²) in [6, 6.07) is 6.50. The van der Waals surface area contributed by atoms with E-state index in [-0.39, 0.29) is 0 Å². The van der Waals surface area contributed by atoms with E-state index in [0.29, 0.717) is 11.3 Å². The number of hydrogen-bond donors (Lipinski definition) is 0. The fraction of sp³-hybridized carbons (Fsp3) is 0.625. The Kier molecular flexibility index (Phi) is 4.09. The molecular formula is C16H21BrClN. The first-order valence-electron chi connectivity index (χ1n) is 7.32. The molecule has 3 rings (SSSR count). The van der Waals surface area contributed by atoms with E-state index in [0.717, 1.165) is 4.47 Å². The highest BCUT2D eigenvalue weighted by atomic mass is 79.9. The first kappa shape index (κ1) is 13.8. The Hall–Kier alpha value is -0.210. The van der Waals surface area contributed by atoms with E-state index in [9.17, 15) is 0 Å². The van der Waals surface area contributed by atoms with Crippen LogP contribution in [0.25, 0.3) is 0 Å². The van der Waals surface area contributed by atoms with Crippen molar-refractivity contribution in [3.05, 3.63) is 28.2 Å². The molecule has 0 amide bonds. The smallest absolute Gasteiger partial charge is 0.0494 e. The maximum atomic E-state index is 6.10. The quantitative estimate of drug-likeness (QED) is 0.655. The van der Waals surface area contributed by atoms with Crippen LogP contribution in [-0.2, 0) is 5.88 Å². The molecule has 19 heavy (non-hydrogen) atoms. The van der Waals surface area contributed by atoms with Gasteiger partial charge in [-0.3, -0.25) is 0 Å². The van der Waals surface area contributed by atoms with Gasteiger partial charge in [-0.1, -0.05) is 28.8 Å². The molecule has 0 unspecified atom stereocenters. The van der Waals surface area contributed by atoms with E-state index in [2.05, 4.69) is 39.0 Å². The number of alkyl halides is 1. The van der Waals surface area contributed by atoms with Gasteiger partial charge in [0.1, 0.15) is 0 Å². The van der Waals surface area contributed by atoms with Gasteiger partial charge in [-0.2, -0.15) is 0 Å². The van der Waals surface area contributed by atoms with Crippen molar-refractivity contribution in [3.8, 4) is 0 Å². The van der Waals surface area contributed by atoms with Gasteiger partial charge in [-0.15, -0.1) is 11.6 Å². The summed E-state index contributed by atoms with van der Waals surface area (Å²) in [4.78, 5) is 2.54. The molecule has 1 aromatic carbocycles. The third-order valence-corrected chi connectivity index (χ3v) is 5.80. The van der Waals surface area contributed by atoms with Crippen molar-refractivity contribution in [1.82, 2.24) is 0 Å². The lowest BCUT2D eigenvalue weighted by atomic mass is 9.77. The van der Waals surface area contributed by atoms with Crippen LogP contribution in [-0.4, -0.2) is 13.1 Å². The zero-order valence-corrected chi connectivity index (χ0v) is 13.6. The van der Waals surface area contributed by atoms with Crippen LogP contribution in [0, 0.1) is 5.41 Å². The normalized spacial score (nSPS) is 22.1. The highest BCUT2D eigenvalue weighted by Gasteiger charge is 2.37. The van der Waals surface area contributed by atoms with E-state index in [1.54, 1.807) is 0 Å². The summed E-state index contributed by atoms with van der Waals surface area (Å²) in [5.74, 6) is 0.594. The van der Waals surface area contributed by atoms with Crippen molar-refractivity contribution in [1.29, 1.82) is 0 Å². The SMILES string of the molecule is ClCc1cc(Br)ccc1N1CCC2(CCCC2)CC1. The molecule has 0 atom stereocenters. The minimum absolute atomic E-state index is 0.594. The minimum atomic E-state index is 0.594. The van der Waals surface area contributed by atoms with Crippen LogP contribution in [0.15, 0.2) is 22.7 Å². The van der Waals surface area contributed by atoms with Gasteiger partial charge in [0.25, 0.3) is 0 Å². The number of hydrogen-bond acceptors (Lipinski definition) is 1. The summed E-state index contributed by atoms with van der Waals surface area (Å²) in [6.07, 6.45) is 8.55. The number of halogens is 2. The Bertz CT molecular complexity index is 444. The minimum Gasteiger partial charge on any atom is -0.371 e. The molecule has 2 fully saturated rings. The summed E-state index contributed by atoms with van der Waals surface area (Å²) in [6.45, 7) is 2.40. The van der Waals surface area contributed by atoms with Crippen molar-refractivity contribution < 1.29 is 0 Å². The molecule has 0 bridgehead atoms. The van der Waals surface area contributed by atoms with Crippen LogP contribution in [0.1, 0.15) is 44.1 Å². The predicted molar refractivity (Wildman–Crippen MR) is 86.0 cm³/mol. The molecular weight excluding hydrogens is 322 g/mol. The maximum absolute atomic E-state index is 6.10. The van der Waals surface area contributed by atoms with E-state index < -0.39 is 0 Å². The molecule has 1 saturated carbocycles. The average molecular weight is 343 g/mol. The van der Waals surface area contributed by atoms with Crippen molar-refractivity contribution >= 4 is 33.2 Å². The number of nitrogens with zero attached hydrogens (tertiary/aromatic N) is 1. The third-order valence-electron chi connectivity index (χ3n) is 5.01. The summed E-state index contributed by atoms with van der Waals surface area (Å²) in [5.41, 5.74) is 3.27. The lowest BCUT2D eigenvalue weighted by Gasteiger charge is -2.41. The van der Waals surface area contributed by atoms with Crippen molar-refractivity contribution in [2.24, 2.45) is 5.41 Å². The molecule has 1 aromatic rings. The van der Waals surface area contributed by atoms with Gasteiger partial charge in [-0.25, -0.2) is 0 Å². The summed E-state index contributed by atoms with van der Waals surface area (Å²) < 4.78 is 1.12. The van der Waals surface area contributed by atoms with Crippen LogP contribution in [0.4, 0.5) is 5.69 Å². The number of rotatable bonds is 2. The predicted octanol–water partition coefficient (Wildman–Crippen LogP) is 5.35. The van der Waals surface area contributed by atoms with Gasteiger partial charge >= 0.3 is 0 Å². The second-order valence-electron chi connectivity index (χ2n) is 6.10. The Morgan fingerprint density at radius 1 is 1.11 bits per heavy atom. The zero-order chi connectivity index (χ0) is 13.3. The molecule has 1 aliphatic carbocycles. The first-order chi connectivity index (χ1) is 9.22. The third kappa shape index (κ3) is 2.80. The summed E-state index contributed by atoms with van der Waals surface area (Å²) in [7, 11) is 0. The van der Waals surface area contributed by atoms with E-state index in [4.69, 9.17) is 11.6 Å². The Morgan fingerprint density at radius 3 is 2.42 bits per heavy atom. The monoisotopic (exact) mass is 341 g/mol. The van der Waals surface area contributed by atoms with Crippen LogP contribution >= 0.6 is 27.5 Å². The fourth-order valence-corrected chi connectivity index (χ4v) is 4.44. The Balaban J connectivity index is 1.74. The number of benzene rings is 1. The Labute approximate surface area is 129 Å². The highest BCUT2D eigenvalue weighted by Crippen LogP contribution is 2.47. The molecule has 2 aliphatic rings. The zero-order valence-electron chi connectivity index (χ0n) is 11.3. The lowest BCUT2D eigenvalue weighted by molar-refractivity contribution is 0.226. The van der Waals surface area contributed by atoms with Crippen molar-refractivity contribution in [2.75, 3.05) is 18.0 Å². The van der Waals surface area contributed by atoms with Gasteiger partial charge in [0, 0.05) is 29.1 Å². The molecule has 1 aliphatic heterocycles. The van der Waals surface area contributed by atoms with E-state index in [1.807, 2.05) is 0 Å². The standard InChI is InChI=1S/C16H21BrClN/c17-14-3-4-15(13(11-14)12-18)19-9-7-16(8-10-19)5-1-2-6-16/h3-4,11H,1-2,5-10,12H2. The largest absolute Gasteiger partial charge is 0.371 e. The topological polar surface area (TPSA) is 3.24 Å². The lowest BCUT2D eigenvalue weighted by Crippen LogP contribution is -2.39. The second kappa shape index (κ2) is 5.65. The van der Waals surface area contributed by atoms with Crippen LogP contribution < -0.4 is 4.90 Å². The molecule has 3 heteroatoms. The molecule has 1 heterocycles. The molecule has 0 radical (unpaired) electrons. The number of piperidine rings is 1. The first-order valence-corrected chi connectivity index (χ1v) is 8.65. The molecule has 1 spiro atoms. The van der Waals surface area contributed by atoms with E-state index >= 15 is 0 Å². The maximum Gasteiger partial charge on any atom is 0.0494 e. The van der Waals surface area contributed by atoms with Crippen molar-refractivity contribution in [3.63, 3.8) is 0 Å². The Morgan fingerprint density at radius 2 is 1.79 bits per heavy atom. The molecule has 0 N–H and O–H groups in total.